The lowest BCUT2D eigenvalue weighted by Gasteiger charge is -2.38. The van der Waals surface area contributed by atoms with E-state index in [9.17, 15) is 9.59 Å². The first-order chi connectivity index (χ1) is 11.6. The highest BCUT2D eigenvalue weighted by atomic mass is 35.5. The van der Waals surface area contributed by atoms with Gasteiger partial charge in [-0.1, -0.05) is 11.6 Å². The fraction of sp³-hybridized carbons (Fsp3) is 0.556. The molecule has 25 heavy (non-hydrogen) atoms. The van der Waals surface area contributed by atoms with Gasteiger partial charge < -0.3 is 20.9 Å². The lowest BCUT2D eigenvalue weighted by atomic mass is 10.0. The van der Waals surface area contributed by atoms with Gasteiger partial charge in [0.05, 0.1) is 10.6 Å². The molecule has 0 saturated carbocycles. The number of piperazine rings is 1. The maximum Gasteiger partial charge on any atom is 0.319 e. The number of benzene rings is 1. The normalized spacial score (nSPS) is 21.0. The van der Waals surface area contributed by atoms with Crippen molar-refractivity contribution in [1.29, 1.82) is 0 Å². The average Bonchev–Trinajstić information content (AvgIpc) is 2.49. The van der Waals surface area contributed by atoms with Crippen molar-refractivity contribution in [2.75, 3.05) is 18.4 Å². The summed E-state index contributed by atoms with van der Waals surface area (Å²) in [6.45, 7) is 11.1. The van der Waals surface area contributed by atoms with Gasteiger partial charge in [0.2, 0.25) is 0 Å². The van der Waals surface area contributed by atoms with Crippen molar-refractivity contribution >= 4 is 29.2 Å². The van der Waals surface area contributed by atoms with Crippen LogP contribution in [0.25, 0.3) is 0 Å². The summed E-state index contributed by atoms with van der Waals surface area (Å²) in [6, 6.07) is 4.92. The maximum atomic E-state index is 12.9. The molecule has 2 unspecified atom stereocenters. The Bertz CT molecular complexity index is 657. The van der Waals surface area contributed by atoms with E-state index in [0.29, 0.717) is 22.8 Å². The van der Waals surface area contributed by atoms with Gasteiger partial charge in [0.15, 0.2) is 0 Å². The summed E-state index contributed by atoms with van der Waals surface area (Å²) in [4.78, 5) is 26.8. The molecule has 2 rings (SSSR count). The van der Waals surface area contributed by atoms with Crippen molar-refractivity contribution < 1.29 is 9.59 Å². The Balaban J connectivity index is 2.18. The van der Waals surface area contributed by atoms with Crippen molar-refractivity contribution in [1.82, 2.24) is 15.5 Å². The maximum absolute atomic E-state index is 12.9. The summed E-state index contributed by atoms with van der Waals surface area (Å²) in [5, 5.41) is 9.30. The Morgan fingerprint density at radius 1 is 1.28 bits per heavy atom. The number of hydrogen-bond acceptors (Lipinski definition) is 3. The highest BCUT2D eigenvalue weighted by Crippen LogP contribution is 2.24. The lowest BCUT2D eigenvalue weighted by Crippen LogP contribution is -2.57. The molecular weight excluding hydrogens is 340 g/mol. The van der Waals surface area contributed by atoms with Crippen LogP contribution < -0.4 is 16.0 Å². The minimum Gasteiger partial charge on any atom is -0.333 e. The largest absolute Gasteiger partial charge is 0.333 e. The van der Waals surface area contributed by atoms with Crippen LogP contribution in [0.3, 0.4) is 0 Å². The Kier molecular flexibility index (Phi) is 5.95. The van der Waals surface area contributed by atoms with Gasteiger partial charge in [-0.15, -0.1) is 0 Å². The van der Waals surface area contributed by atoms with Crippen molar-refractivity contribution in [3.63, 3.8) is 0 Å². The van der Waals surface area contributed by atoms with Gasteiger partial charge in [-0.2, -0.15) is 0 Å². The monoisotopic (exact) mass is 366 g/mol. The number of halogens is 1. The first kappa shape index (κ1) is 19.5. The molecule has 0 radical (unpaired) electrons. The number of amides is 3. The molecule has 2 atom stereocenters. The van der Waals surface area contributed by atoms with Crippen molar-refractivity contribution in [2.45, 2.75) is 52.2 Å². The third-order valence-corrected chi connectivity index (χ3v) is 4.57. The second-order valence-electron chi connectivity index (χ2n) is 7.51. The number of hydrogen-bond donors (Lipinski definition) is 3. The summed E-state index contributed by atoms with van der Waals surface area (Å²) >= 11 is 6.25. The zero-order chi connectivity index (χ0) is 18.8. The third kappa shape index (κ3) is 5.09. The molecule has 0 aromatic heterocycles. The molecule has 3 amide bonds. The van der Waals surface area contributed by atoms with E-state index in [-0.39, 0.29) is 29.6 Å². The number of urea groups is 1. The molecule has 1 saturated heterocycles. The Labute approximate surface area is 154 Å². The minimum atomic E-state index is -0.346. The smallest absolute Gasteiger partial charge is 0.319 e. The summed E-state index contributed by atoms with van der Waals surface area (Å²) in [5.74, 6) is -0.120. The fourth-order valence-electron chi connectivity index (χ4n) is 2.77. The number of nitrogens with zero attached hydrogens (tertiary/aromatic N) is 1. The molecule has 1 aliphatic heterocycles. The molecule has 0 bridgehead atoms. The van der Waals surface area contributed by atoms with Crippen LogP contribution in [0.2, 0.25) is 5.02 Å². The van der Waals surface area contributed by atoms with E-state index in [4.69, 9.17) is 11.6 Å². The van der Waals surface area contributed by atoms with Crippen molar-refractivity contribution in [3.05, 3.63) is 28.8 Å². The van der Waals surface area contributed by atoms with E-state index in [0.717, 1.165) is 6.54 Å². The van der Waals surface area contributed by atoms with E-state index in [1.807, 2.05) is 32.6 Å². The van der Waals surface area contributed by atoms with Gasteiger partial charge in [-0.25, -0.2) is 4.79 Å². The first-order valence-corrected chi connectivity index (χ1v) is 8.89. The number of anilines is 1. The predicted molar refractivity (Wildman–Crippen MR) is 101 cm³/mol. The number of carbonyl (C=O) groups excluding carboxylic acids is 2. The molecule has 1 aromatic carbocycles. The van der Waals surface area contributed by atoms with Crippen LogP contribution in [0.15, 0.2) is 18.2 Å². The lowest BCUT2D eigenvalue weighted by molar-refractivity contribution is 0.0603. The summed E-state index contributed by atoms with van der Waals surface area (Å²) in [7, 11) is 0. The molecule has 0 spiro atoms. The van der Waals surface area contributed by atoms with Crippen LogP contribution >= 0.6 is 11.6 Å². The van der Waals surface area contributed by atoms with E-state index in [1.54, 1.807) is 18.2 Å². The van der Waals surface area contributed by atoms with Gasteiger partial charge in [0.1, 0.15) is 0 Å². The summed E-state index contributed by atoms with van der Waals surface area (Å²) in [5.41, 5.74) is 0.586. The molecule has 6 nitrogen and oxygen atoms in total. The second-order valence-corrected chi connectivity index (χ2v) is 7.91. The molecule has 1 aliphatic rings. The van der Waals surface area contributed by atoms with Gasteiger partial charge in [0.25, 0.3) is 5.91 Å². The SMILES string of the molecule is CC1NCCN(C(=O)c2cc(NC(=O)NC(C)(C)C)ccc2Cl)C1C. The van der Waals surface area contributed by atoms with E-state index in [1.165, 1.54) is 0 Å². The number of carbonyl (C=O) groups is 2. The topological polar surface area (TPSA) is 73.5 Å². The van der Waals surface area contributed by atoms with E-state index < -0.39 is 0 Å². The molecule has 7 heteroatoms. The van der Waals surface area contributed by atoms with Crippen LogP contribution in [-0.2, 0) is 0 Å². The fourth-order valence-corrected chi connectivity index (χ4v) is 2.97. The van der Waals surface area contributed by atoms with Crippen LogP contribution in [0, 0.1) is 0 Å². The third-order valence-electron chi connectivity index (χ3n) is 4.24. The molecule has 0 aliphatic carbocycles. The highest BCUT2D eigenvalue weighted by Gasteiger charge is 2.30. The second kappa shape index (κ2) is 7.62. The van der Waals surface area contributed by atoms with Gasteiger partial charge >= 0.3 is 6.03 Å². The van der Waals surface area contributed by atoms with Gasteiger partial charge in [-0.05, 0) is 52.8 Å². The molecule has 138 valence electrons. The first-order valence-electron chi connectivity index (χ1n) is 8.51. The number of nitrogens with one attached hydrogen (secondary N) is 3. The minimum absolute atomic E-state index is 0.0677. The Morgan fingerprint density at radius 2 is 1.96 bits per heavy atom. The Morgan fingerprint density at radius 3 is 2.60 bits per heavy atom. The van der Waals surface area contributed by atoms with Crippen LogP contribution in [0.1, 0.15) is 45.0 Å². The van der Waals surface area contributed by atoms with Crippen LogP contribution in [0.5, 0.6) is 0 Å². The van der Waals surface area contributed by atoms with Gasteiger partial charge in [-0.3, -0.25) is 4.79 Å². The zero-order valence-electron chi connectivity index (χ0n) is 15.4. The standard InChI is InChI=1S/C18H27ClN4O2/c1-11-12(2)23(9-8-20-11)16(24)14-10-13(6-7-15(14)19)21-17(25)22-18(3,4)5/h6-7,10-12,20H,8-9H2,1-5H3,(H2,21,22,25). The predicted octanol–water partition coefficient (Wildman–Crippen LogP) is 3.08. The molecule has 1 aromatic rings. The Hall–Kier alpha value is -1.79. The number of rotatable bonds is 2. The van der Waals surface area contributed by atoms with E-state index >= 15 is 0 Å². The molecular formula is C18H27ClN4O2. The van der Waals surface area contributed by atoms with Crippen LogP contribution in [-0.4, -0.2) is 47.6 Å². The molecule has 1 heterocycles. The highest BCUT2D eigenvalue weighted by molar-refractivity contribution is 6.34. The van der Waals surface area contributed by atoms with Crippen molar-refractivity contribution in [2.24, 2.45) is 0 Å². The molecule has 3 N–H and O–H groups in total. The average molecular weight is 367 g/mol. The van der Waals surface area contributed by atoms with Crippen LogP contribution in [0.4, 0.5) is 10.5 Å². The quantitative estimate of drug-likeness (QED) is 0.753. The van der Waals surface area contributed by atoms with Gasteiger partial charge in [0, 0.05) is 36.4 Å². The van der Waals surface area contributed by atoms with Crippen molar-refractivity contribution in [3.8, 4) is 0 Å². The summed E-state index contributed by atoms with van der Waals surface area (Å²) in [6.07, 6.45) is 0. The van der Waals surface area contributed by atoms with E-state index in [2.05, 4.69) is 22.9 Å². The molecule has 1 fully saturated rings. The zero-order valence-corrected chi connectivity index (χ0v) is 16.2. The summed E-state index contributed by atoms with van der Waals surface area (Å²) < 4.78 is 0.